The molecule has 0 radical (unpaired) electrons. The van der Waals surface area contributed by atoms with Crippen LogP contribution in [0, 0.1) is 13.8 Å². The summed E-state index contributed by atoms with van der Waals surface area (Å²) in [5.41, 5.74) is 3.41. The lowest BCUT2D eigenvalue weighted by atomic mass is 10.1. The van der Waals surface area contributed by atoms with E-state index in [4.69, 9.17) is 11.6 Å². The molecule has 1 unspecified atom stereocenters. The Bertz CT molecular complexity index is 662. The molecule has 2 heterocycles. The van der Waals surface area contributed by atoms with E-state index in [1.54, 1.807) is 0 Å². The maximum Gasteiger partial charge on any atom is 0.103 e. The molecule has 130 valence electrons. The molecule has 24 heavy (non-hydrogen) atoms. The molecule has 1 aromatic heterocycles. The highest BCUT2D eigenvalue weighted by atomic mass is 35.5. The number of aliphatic hydroxyl groups is 1. The second-order valence-corrected chi connectivity index (χ2v) is 6.89. The molecule has 1 aliphatic rings. The van der Waals surface area contributed by atoms with Gasteiger partial charge >= 0.3 is 0 Å². The van der Waals surface area contributed by atoms with Crippen LogP contribution in [0.1, 0.15) is 28.8 Å². The Labute approximate surface area is 148 Å². The van der Waals surface area contributed by atoms with E-state index >= 15 is 0 Å². The Morgan fingerprint density at radius 2 is 1.83 bits per heavy atom. The molecule has 2 N–H and O–H groups in total. The molecular formula is C18H25ClN4O. The summed E-state index contributed by atoms with van der Waals surface area (Å²) in [5, 5.41) is 10.6. The molecule has 1 saturated heterocycles. The summed E-state index contributed by atoms with van der Waals surface area (Å²) in [6.07, 6.45) is 0. The van der Waals surface area contributed by atoms with Gasteiger partial charge in [0.25, 0.3) is 0 Å². The molecule has 1 aromatic carbocycles. The van der Waals surface area contributed by atoms with Crippen LogP contribution in [0.25, 0.3) is 0 Å². The van der Waals surface area contributed by atoms with E-state index in [1.165, 1.54) is 0 Å². The first-order valence-electron chi connectivity index (χ1n) is 8.41. The molecule has 0 saturated carbocycles. The number of nitrogens with one attached hydrogen (secondary N) is 1. The van der Waals surface area contributed by atoms with Crippen LogP contribution in [0.5, 0.6) is 0 Å². The van der Waals surface area contributed by atoms with Crippen LogP contribution in [-0.2, 0) is 6.54 Å². The maximum atomic E-state index is 9.84. The molecular weight excluding hydrogens is 324 g/mol. The number of hydrogen-bond acceptors (Lipinski definition) is 4. The number of aryl methyl sites for hydroxylation is 2. The second-order valence-electron chi connectivity index (χ2n) is 6.46. The summed E-state index contributed by atoms with van der Waals surface area (Å²) in [6, 6.07) is 7.83. The molecule has 2 aromatic rings. The second kappa shape index (κ2) is 7.66. The first kappa shape index (κ1) is 17.4. The number of halogens is 1. The average molecular weight is 349 g/mol. The van der Waals surface area contributed by atoms with Crippen molar-refractivity contribution in [1.29, 1.82) is 0 Å². The first-order valence-corrected chi connectivity index (χ1v) is 8.79. The van der Waals surface area contributed by atoms with Crippen molar-refractivity contribution in [3.63, 3.8) is 0 Å². The maximum absolute atomic E-state index is 9.84. The monoisotopic (exact) mass is 348 g/mol. The molecule has 1 fully saturated rings. The standard InChI is InChI=1S/C18H25ClN4O/c1-13-17(21-14(2)20-13)11-22-7-9-23(10-8-22)18(12-24)15-3-5-16(19)6-4-15/h3-6,18,24H,7-12H2,1-2H3,(H,20,21). The summed E-state index contributed by atoms with van der Waals surface area (Å²) in [5.74, 6) is 0.976. The topological polar surface area (TPSA) is 55.4 Å². The van der Waals surface area contributed by atoms with Gasteiger partial charge in [-0.1, -0.05) is 23.7 Å². The Morgan fingerprint density at radius 3 is 2.38 bits per heavy atom. The third kappa shape index (κ3) is 3.98. The number of aromatic nitrogens is 2. The Balaban J connectivity index is 1.59. The van der Waals surface area contributed by atoms with Crippen molar-refractivity contribution in [3.8, 4) is 0 Å². The van der Waals surface area contributed by atoms with Crippen LogP contribution in [0.4, 0.5) is 0 Å². The van der Waals surface area contributed by atoms with Gasteiger partial charge in [-0.2, -0.15) is 0 Å². The van der Waals surface area contributed by atoms with Crippen molar-refractivity contribution in [3.05, 3.63) is 52.1 Å². The summed E-state index contributed by atoms with van der Waals surface area (Å²) in [7, 11) is 0. The van der Waals surface area contributed by atoms with E-state index in [-0.39, 0.29) is 12.6 Å². The molecule has 3 rings (SSSR count). The lowest BCUT2D eigenvalue weighted by molar-refractivity contribution is 0.0616. The zero-order chi connectivity index (χ0) is 17.1. The van der Waals surface area contributed by atoms with Crippen LogP contribution in [0.15, 0.2) is 24.3 Å². The molecule has 5 nitrogen and oxygen atoms in total. The fourth-order valence-electron chi connectivity index (χ4n) is 3.37. The van der Waals surface area contributed by atoms with Crippen molar-refractivity contribution in [2.45, 2.75) is 26.4 Å². The highest BCUT2D eigenvalue weighted by molar-refractivity contribution is 6.30. The minimum absolute atomic E-state index is 0.0405. The molecule has 0 bridgehead atoms. The normalized spacial score (nSPS) is 18.0. The lowest BCUT2D eigenvalue weighted by Crippen LogP contribution is -2.48. The average Bonchev–Trinajstić information content (AvgIpc) is 2.89. The van der Waals surface area contributed by atoms with Crippen molar-refractivity contribution >= 4 is 11.6 Å². The van der Waals surface area contributed by atoms with Crippen LogP contribution in [0.3, 0.4) is 0 Å². The predicted octanol–water partition coefficient (Wildman–Crippen LogP) is 2.53. The number of piperazine rings is 1. The van der Waals surface area contributed by atoms with Gasteiger partial charge in [0.1, 0.15) is 5.82 Å². The number of H-pyrrole nitrogens is 1. The number of benzene rings is 1. The van der Waals surface area contributed by atoms with Crippen LogP contribution in [-0.4, -0.2) is 57.7 Å². The van der Waals surface area contributed by atoms with E-state index in [9.17, 15) is 5.11 Å². The van der Waals surface area contributed by atoms with Gasteiger partial charge in [0.15, 0.2) is 0 Å². The number of nitrogens with zero attached hydrogens (tertiary/aromatic N) is 3. The molecule has 1 aliphatic heterocycles. The van der Waals surface area contributed by atoms with Crippen LogP contribution < -0.4 is 0 Å². The predicted molar refractivity (Wildman–Crippen MR) is 96.2 cm³/mol. The quantitative estimate of drug-likeness (QED) is 0.871. The summed E-state index contributed by atoms with van der Waals surface area (Å²) in [4.78, 5) is 12.6. The summed E-state index contributed by atoms with van der Waals surface area (Å²) >= 11 is 5.96. The Morgan fingerprint density at radius 1 is 1.17 bits per heavy atom. The third-order valence-corrected chi connectivity index (χ3v) is 5.00. The fourth-order valence-corrected chi connectivity index (χ4v) is 3.50. The van der Waals surface area contributed by atoms with Gasteiger partial charge in [-0.05, 0) is 31.5 Å². The minimum atomic E-state index is 0.0405. The smallest absolute Gasteiger partial charge is 0.103 e. The zero-order valence-corrected chi connectivity index (χ0v) is 15.1. The molecule has 0 amide bonds. The van der Waals surface area contributed by atoms with Crippen molar-refractivity contribution in [2.75, 3.05) is 32.8 Å². The number of aliphatic hydroxyl groups excluding tert-OH is 1. The SMILES string of the molecule is Cc1nc(CN2CCN(C(CO)c3ccc(Cl)cc3)CC2)c(C)[nH]1. The van der Waals surface area contributed by atoms with Crippen molar-refractivity contribution in [1.82, 2.24) is 19.8 Å². The van der Waals surface area contributed by atoms with E-state index in [0.717, 1.165) is 60.5 Å². The number of imidazole rings is 1. The van der Waals surface area contributed by atoms with Gasteiger partial charge in [-0.3, -0.25) is 9.80 Å². The van der Waals surface area contributed by atoms with Gasteiger partial charge < -0.3 is 10.1 Å². The van der Waals surface area contributed by atoms with Gasteiger partial charge in [-0.15, -0.1) is 0 Å². The largest absolute Gasteiger partial charge is 0.394 e. The van der Waals surface area contributed by atoms with E-state index in [1.807, 2.05) is 31.2 Å². The zero-order valence-electron chi connectivity index (χ0n) is 14.3. The first-order chi connectivity index (χ1) is 11.6. The molecule has 6 heteroatoms. The van der Waals surface area contributed by atoms with Gasteiger partial charge in [0.2, 0.25) is 0 Å². The third-order valence-electron chi connectivity index (χ3n) is 4.75. The van der Waals surface area contributed by atoms with Gasteiger partial charge in [0.05, 0.1) is 18.3 Å². The van der Waals surface area contributed by atoms with Crippen LogP contribution in [0.2, 0.25) is 5.02 Å². The molecule has 0 spiro atoms. The van der Waals surface area contributed by atoms with Gasteiger partial charge in [0, 0.05) is 43.4 Å². The number of rotatable bonds is 5. The molecule has 0 aliphatic carbocycles. The van der Waals surface area contributed by atoms with Gasteiger partial charge in [-0.25, -0.2) is 4.98 Å². The highest BCUT2D eigenvalue weighted by Crippen LogP contribution is 2.24. The van der Waals surface area contributed by atoms with E-state index in [0.29, 0.717) is 0 Å². The lowest BCUT2D eigenvalue weighted by Gasteiger charge is -2.38. The van der Waals surface area contributed by atoms with E-state index in [2.05, 4.69) is 26.7 Å². The van der Waals surface area contributed by atoms with E-state index < -0.39 is 0 Å². The van der Waals surface area contributed by atoms with Crippen molar-refractivity contribution < 1.29 is 5.11 Å². The summed E-state index contributed by atoms with van der Waals surface area (Å²) < 4.78 is 0. The van der Waals surface area contributed by atoms with Crippen LogP contribution >= 0.6 is 11.6 Å². The fraction of sp³-hybridized carbons (Fsp3) is 0.500. The minimum Gasteiger partial charge on any atom is -0.394 e. The number of hydrogen-bond donors (Lipinski definition) is 2. The van der Waals surface area contributed by atoms with Crippen molar-refractivity contribution in [2.24, 2.45) is 0 Å². The Hall–Kier alpha value is -1.40. The number of aromatic amines is 1. The summed E-state index contributed by atoms with van der Waals surface area (Å²) in [6.45, 7) is 8.92. The highest BCUT2D eigenvalue weighted by Gasteiger charge is 2.25. The molecule has 1 atom stereocenters. The Kier molecular flexibility index (Phi) is 5.56.